The van der Waals surface area contributed by atoms with E-state index in [1.165, 1.54) is 11.1 Å². The molecule has 0 fully saturated rings. The number of ether oxygens (including phenoxy) is 1. The summed E-state index contributed by atoms with van der Waals surface area (Å²) in [7, 11) is 1.77. The minimum atomic E-state index is -0.572. The molecule has 0 aliphatic heterocycles. The summed E-state index contributed by atoms with van der Waals surface area (Å²) >= 11 is 0. The number of rotatable bonds is 4. The van der Waals surface area contributed by atoms with Crippen molar-refractivity contribution in [3.63, 3.8) is 0 Å². The molecule has 2 N–H and O–H groups in total. The number of benzene rings is 2. The maximum absolute atomic E-state index is 12.6. The number of fused-ring (bicyclic) bond motifs is 1. The first-order valence-electron chi connectivity index (χ1n) is 8.84. The molecule has 0 aromatic heterocycles. The SMILES string of the molecule is Cc1cccc(C(=O)OCC(=O)N(C)[C@@H]2CCCc3ccccc32)c1N. The van der Waals surface area contributed by atoms with Crippen LogP contribution in [0.25, 0.3) is 0 Å². The number of anilines is 1. The van der Waals surface area contributed by atoms with Crippen molar-refractivity contribution in [2.45, 2.75) is 32.2 Å². The average molecular weight is 352 g/mol. The third-order valence-electron chi connectivity index (χ3n) is 5.07. The molecule has 2 aromatic carbocycles. The Balaban J connectivity index is 1.65. The Morgan fingerprint density at radius 2 is 1.96 bits per heavy atom. The summed E-state index contributed by atoms with van der Waals surface area (Å²) in [5, 5.41) is 0. The Morgan fingerprint density at radius 1 is 1.19 bits per heavy atom. The normalized spacial score (nSPS) is 15.8. The van der Waals surface area contributed by atoms with Gasteiger partial charge in [-0.2, -0.15) is 0 Å². The van der Waals surface area contributed by atoms with E-state index in [0.29, 0.717) is 11.3 Å². The highest BCUT2D eigenvalue weighted by atomic mass is 16.5. The summed E-state index contributed by atoms with van der Waals surface area (Å²) in [6.45, 7) is 1.53. The van der Waals surface area contributed by atoms with Gasteiger partial charge in [0, 0.05) is 12.7 Å². The highest BCUT2D eigenvalue weighted by molar-refractivity contribution is 5.96. The number of nitrogens with two attached hydrogens (primary N) is 1. The van der Waals surface area contributed by atoms with Gasteiger partial charge < -0.3 is 15.4 Å². The summed E-state index contributed by atoms with van der Waals surface area (Å²) in [5.74, 6) is -0.789. The minimum Gasteiger partial charge on any atom is -0.452 e. The van der Waals surface area contributed by atoms with Gasteiger partial charge >= 0.3 is 5.97 Å². The standard InChI is InChI=1S/C21H24N2O3/c1-14-7-5-11-17(20(14)22)21(25)26-13-19(24)23(2)18-12-6-9-15-8-3-4-10-16(15)18/h3-5,7-8,10-11,18H,6,9,12-13,22H2,1-2H3/t18-/m1/s1. The molecule has 0 radical (unpaired) electrons. The van der Waals surface area contributed by atoms with Crippen LogP contribution in [-0.4, -0.2) is 30.4 Å². The van der Waals surface area contributed by atoms with Gasteiger partial charge in [-0.05, 0) is 48.9 Å². The molecule has 0 unspecified atom stereocenters. The van der Waals surface area contributed by atoms with E-state index >= 15 is 0 Å². The van der Waals surface area contributed by atoms with Crippen molar-refractivity contribution in [1.82, 2.24) is 4.90 Å². The van der Waals surface area contributed by atoms with Crippen molar-refractivity contribution >= 4 is 17.6 Å². The quantitative estimate of drug-likeness (QED) is 0.677. The second kappa shape index (κ2) is 7.60. The number of amides is 1. The van der Waals surface area contributed by atoms with E-state index in [-0.39, 0.29) is 18.6 Å². The summed E-state index contributed by atoms with van der Waals surface area (Å²) in [5.41, 5.74) is 9.88. The van der Waals surface area contributed by atoms with Gasteiger partial charge in [-0.15, -0.1) is 0 Å². The lowest BCUT2D eigenvalue weighted by atomic mass is 9.87. The zero-order valence-corrected chi connectivity index (χ0v) is 15.2. The van der Waals surface area contributed by atoms with Crippen molar-refractivity contribution in [3.05, 3.63) is 64.7 Å². The largest absolute Gasteiger partial charge is 0.452 e. The monoisotopic (exact) mass is 352 g/mol. The first-order chi connectivity index (χ1) is 12.5. The zero-order chi connectivity index (χ0) is 18.7. The van der Waals surface area contributed by atoms with Crippen molar-refractivity contribution in [3.8, 4) is 0 Å². The Morgan fingerprint density at radius 3 is 2.77 bits per heavy atom. The Hall–Kier alpha value is -2.82. The topological polar surface area (TPSA) is 72.6 Å². The Labute approximate surface area is 153 Å². The molecular weight excluding hydrogens is 328 g/mol. The van der Waals surface area contributed by atoms with Crippen molar-refractivity contribution in [2.24, 2.45) is 0 Å². The highest BCUT2D eigenvalue weighted by Gasteiger charge is 2.27. The fraction of sp³-hybridized carbons (Fsp3) is 0.333. The summed E-state index contributed by atoms with van der Waals surface area (Å²) in [6, 6.07) is 13.4. The number of carbonyl (C=O) groups is 2. The minimum absolute atomic E-state index is 0.0233. The van der Waals surface area contributed by atoms with Crippen LogP contribution < -0.4 is 5.73 Å². The van der Waals surface area contributed by atoms with Crippen LogP contribution in [0.4, 0.5) is 5.69 Å². The van der Waals surface area contributed by atoms with Crippen LogP contribution in [0, 0.1) is 6.92 Å². The van der Waals surface area contributed by atoms with Gasteiger partial charge in [-0.3, -0.25) is 4.79 Å². The molecule has 0 spiro atoms. The van der Waals surface area contributed by atoms with Crippen LogP contribution in [0.15, 0.2) is 42.5 Å². The second-order valence-electron chi connectivity index (χ2n) is 6.72. The number of nitrogen functional groups attached to an aromatic ring is 1. The molecule has 2 aromatic rings. The number of esters is 1. The predicted molar refractivity (Wildman–Crippen MR) is 101 cm³/mol. The molecule has 1 aliphatic carbocycles. The number of carbonyl (C=O) groups excluding carboxylic acids is 2. The molecule has 1 aliphatic rings. The van der Waals surface area contributed by atoms with Gasteiger partial charge in [-0.1, -0.05) is 36.4 Å². The van der Waals surface area contributed by atoms with E-state index < -0.39 is 5.97 Å². The van der Waals surface area contributed by atoms with Gasteiger partial charge in [0.15, 0.2) is 6.61 Å². The van der Waals surface area contributed by atoms with Crippen molar-refractivity contribution in [2.75, 3.05) is 19.4 Å². The lowest BCUT2D eigenvalue weighted by Crippen LogP contribution is -2.36. The third kappa shape index (κ3) is 3.57. The van der Waals surface area contributed by atoms with E-state index in [4.69, 9.17) is 10.5 Å². The smallest absolute Gasteiger partial charge is 0.340 e. The number of hydrogen-bond acceptors (Lipinski definition) is 4. The molecule has 5 heteroatoms. The molecule has 1 amide bonds. The molecule has 0 saturated heterocycles. The van der Waals surface area contributed by atoms with Gasteiger partial charge in [0.25, 0.3) is 5.91 Å². The lowest BCUT2D eigenvalue weighted by molar-refractivity contribution is -0.135. The average Bonchev–Trinajstić information content (AvgIpc) is 2.67. The van der Waals surface area contributed by atoms with E-state index in [2.05, 4.69) is 12.1 Å². The molecule has 3 rings (SSSR count). The molecule has 26 heavy (non-hydrogen) atoms. The Kier molecular flexibility index (Phi) is 5.26. The van der Waals surface area contributed by atoms with Crippen molar-refractivity contribution in [1.29, 1.82) is 0 Å². The van der Waals surface area contributed by atoms with E-state index in [9.17, 15) is 9.59 Å². The summed E-state index contributed by atoms with van der Waals surface area (Å²) in [4.78, 5) is 26.5. The van der Waals surface area contributed by atoms with Gasteiger partial charge in [0.1, 0.15) is 0 Å². The molecule has 0 bridgehead atoms. The van der Waals surface area contributed by atoms with Crippen LogP contribution in [0.3, 0.4) is 0 Å². The number of para-hydroxylation sites is 1. The Bertz CT molecular complexity index is 832. The lowest BCUT2D eigenvalue weighted by Gasteiger charge is -2.33. The summed E-state index contributed by atoms with van der Waals surface area (Å²) < 4.78 is 5.22. The van der Waals surface area contributed by atoms with Gasteiger partial charge in [0.05, 0.1) is 11.6 Å². The highest BCUT2D eigenvalue weighted by Crippen LogP contribution is 2.33. The number of nitrogens with zero attached hydrogens (tertiary/aromatic N) is 1. The third-order valence-corrected chi connectivity index (χ3v) is 5.07. The van der Waals surface area contributed by atoms with E-state index in [1.807, 2.05) is 25.1 Å². The number of likely N-dealkylation sites (N-methyl/N-ethyl adjacent to an activating group) is 1. The second-order valence-corrected chi connectivity index (χ2v) is 6.72. The molecule has 136 valence electrons. The molecular formula is C21H24N2O3. The van der Waals surface area contributed by atoms with E-state index in [0.717, 1.165) is 24.8 Å². The molecule has 0 saturated carbocycles. The maximum Gasteiger partial charge on any atom is 0.340 e. The van der Waals surface area contributed by atoms with Crippen LogP contribution in [0.2, 0.25) is 0 Å². The fourth-order valence-corrected chi connectivity index (χ4v) is 3.47. The van der Waals surface area contributed by atoms with Crippen molar-refractivity contribution < 1.29 is 14.3 Å². The number of hydrogen-bond donors (Lipinski definition) is 1. The van der Waals surface area contributed by atoms with Crippen LogP contribution in [-0.2, 0) is 16.0 Å². The first-order valence-corrected chi connectivity index (χ1v) is 8.84. The molecule has 5 nitrogen and oxygen atoms in total. The van der Waals surface area contributed by atoms with Crippen LogP contribution >= 0.6 is 0 Å². The van der Waals surface area contributed by atoms with Gasteiger partial charge in [0.2, 0.25) is 0 Å². The molecule has 0 heterocycles. The maximum atomic E-state index is 12.6. The fourth-order valence-electron chi connectivity index (χ4n) is 3.47. The predicted octanol–water partition coefficient (Wildman–Crippen LogP) is 3.27. The van der Waals surface area contributed by atoms with E-state index in [1.54, 1.807) is 24.1 Å². The van der Waals surface area contributed by atoms with Crippen LogP contribution in [0.1, 0.15) is 45.9 Å². The van der Waals surface area contributed by atoms with Gasteiger partial charge in [-0.25, -0.2) is 4.79 Å². The number of aryl methyl sites for hydroxylation is 2. The van der Waals surface area contributed by atoms with Crippen LogP contribution in [0.5, 0.6) is 0 Å². The first kappa shape index (κ1) is 18.0. The summed E-state index contributed by atoms with van der Waals surface area (Å²) in [6.07, 6.45) is 2.99. The zero-order valence-electron chi connectivity index (χ0n) is 15.2. The molecule has 1 atom stereocenters.